The van der Waals surface area contributed by atoms with Gasteiger partial charge in [-0.15, -0.1) is 0 Å². The van der Waals surface area contributed by atoms with Crippen LogP contribution in [0.15, 0.2) is 41.6 Å². The number of amides is 1. The number of hydrogen-bond acceptors (Lipinski definition) is 3. The zero-order chi connectivity index (χ0) is 17.6. The summed E-state index contributed by atoms with van der Waals surface area (Å²) in [5, 5.41) is 4.59. The molecule has 4 rings (SSSR count). The number of carbonyl (C=O) groups is 1. The van der Waals surface area contributed by atoms with Crippen LogP contribution in [0.4, 0.5) is 5.69 Å². The van der Waals surface area contributed by atoms with Gasteiger partial charge < -0.3 is 10.3 Å². The fourth-order valence-corrected chi connectivity index (χ4v) is 4.39. The second kappa shape index (κ2) is 6.07. The standard InChI is InChI=1S/C19H18ClN3OS/c1-19(2)9-17(24)21-14-8-16-15(7-12(14)19)22-18(23-16)25-10-11-5-3-4-6-13(11)20/h3-8H,9-10H2,1-2H3,(H,21,24)(H,22,23). The van der Waals surface area contributed by atoms with Gasteiger partial charge in [0, 0.05) is 28.3 Å². The number of aromatic amines is 1. The monoisotopic (exact) mass is 371 g/mol. The Labute approximate surface area is 155 Å². The van der Waals surface area contributed by atoms with Crippen molar-refractivity contribution in [3.63, 3.8) is 0 Å². The normalized spacial score (nSPS) is 15.9. The molecule has 3 aromatic rings. The van der Waals surface area contributed by atoms with Crippen molar-refractivity contribution in [2.24, 2.45) is 0 Å². The van der Waals surface area contributed by atoms with Gasteiger partial charge in [0.2, 0.25) is 5.91 Å². The molecule has 2 aromatic carbocycles. The third kappa shape index (κ3) is 3.14. The summed E-state index contributed by atoms with van der Waals surface area (Å²) >= 11 is 7.83. The van der Waals surface area contributed by atoms with Crippen LogP contribution in [0.3, 0.4) is 0 Å². The number of H-pyrrole nitrogens is 1. The Morgan fingerprint density at radius 2 is 2.08 bits per heavy atom. The molecule has 1 aliphatic heterocycles. The van der Waals surface area contributed by atoms with Crippen molar-refractivity contribution in [3.05, 3.63) is 52.5 Å². The first-order valence-electron chi connectivity index (χ1n) is 8.13. The fourth-order valence-electron chi connectivity index (χ4n) is 3.22. The van der Waals surface area contributed by atoms with Crippen LogP contribution in [-0.2, 0) is 16.0 Å². The quantitative estimate of drug-likeness (QED) is 0.627. The fraction of sp³-hybridized carbons (Fsp3) is 0.263. The van der Waals surface area contributed by atoms with Crippen molar-refractivity contribution in [2.45, 2.75) is 36.6 Å². The highest BCUT2D eigenvalue weighted by Gasteiger charge is 2.32. The molecule has 0 bridgehead atoms. The zero-order valence-electron chi connectivity index (χ0n) is 14.0. The van der Waals surface area contributed by atoms with Crippen LogP contribution in [0, 0.1) is 0 Å². The lowest BCUT2D eigenvalue weighted by Gasteiger charge is -2.31. The van der Waals surface area contributed by atoms with Gasteiger partial charge in [0.05, 0.1) is 11.0 Å². The molecule has 0 unspecified atom stereocenters. The smallest absolute Gasteiger partial charge is 0.225 e. The largest absolute Gasteiger partial charge is 0.333 e. The lowest BCUT2D eigenvalue weighted by atomic mass is 9.78. The van der Waals surface area contributed by atoms with E-state index in [1.165, 1.54) is 0 Å². The molecule has 2 heterocycles. The van der Waals surface area contributed by atoms with Gasteiger partial charge in [0.1, 0.15) is 0 Å². The summed E-state index contributed by atoms with van der Waals surface area (Å²) in [6, 6.07) is 11.9. The molecule has 1 aromatic heterocycles. The first kappa shape index (κ1) is 16.5. The molecule has 128 valence electrons. The van der Waals surface area contributed by atoms with Gasteiger partial charge in [-0.05, 0) is 29.3 Å². The minimum absolute atomic E-state index is 0.0599. The van der Waals surface area contributed by atoms with E-state index in [4.69, 9.17) is 16.6 Å². The number of rotatable bonds is 3. The Morgan fingerprint density at radius 3 is 2.88 bits per heavy atom. The molecule has 0 fully saturated rings. The van der Waals surface area contributed by atoms with E-state index in [1.807, 2.05) is 30.3 Å². The Balaban J connectivity index is 1.65. The van der Waals surface area contributed by atoms with E-state index < -0.39 is 0 Å². The van der Waals surface area contributed by atoms with E-state index in [0.717, 1.165) is 43.8 Å². The molecule has 0 radical (unpaired) electrons. The molecule has 2 N–H and O–H groups in total. The third-order valence-corrected chi connectivity index (χ3v) is 5.82. The van der Waals surface area contributed by atoms with Gasteiger partial charge in [0.25, 0.3) is 0 Å². The number of thioether (sulfide) groups is 1. The average Bonchev–Trinajstić information content (AvgIpc) is 2.93. The summed E-state index contributed by atoms with van der Waals surface area (Å²) in [4.78, 5) is 20.0. The van der Waals surface area contributed by atoms with Crippen LogP contribution in [0.1, 0.15) is 31.4 Å². The summed E-state index contributed by atoms with van der Waals surface area (Å²) < 4.78 is 0. The molecule has 0 spiro atoms. The molecule has 6 heteroatoms. The number of fused-ring (bicyclic) bond motifs is 2. The molecule has 25 heavy (non-hydrogen) atoms. The SMILES string of the molecule is CC1(C)CC(=O)Nc2cc3[nH]c(SCc4ccccc4Cl)nc3cc21. The second-order valence-electron chi connectivity index (χ2n) is 6.95. The summed E-state index contributed by atoms with van der Waals surface area (Å²) in [6.45, 7) is 4.19. The number of carbonyl (C=O) groups excluding carboxylic acids is 1. The first-order valence-corrected chi connectivity index (χ1v) is 9.49. The predicted molar refractivity (Wildman–Crippen MR) is 103 cm³/mol. The van der Waals surface area contributed by atoms with Crippen molar-refractivity contribution in [1.29, 1.82) is 0 Å². The molecular formula is C19H18ClN3OS. The van der Waals surface area contributed by atoms with Crippen LogP contribution in [0.25, 0.3) is 11.0 Å². The maximum Gasteiger partial charge on any atom is 0.225 e. The molecule has 0 saturated carbocycles. The summed E-state index contributed by atoms with van der Waals surface area (Å²) in [5.41, 5.74) is 4.76. The van der Waals surface area contributed by atoms with Crippen molar-refractivity contribution in [1.82, 2.24) is 9.97 Å². The number of imidazole rings is 1. The Hall–Kier alpha value is -1.98. The highest BCUT2D eigenvalue weighted by Crippen LogP contribution is 2.39. The molecule has 4 nitrogen and oxygen atoms in total. The average molecular weight is 372 g/mol. The minimum atomic E-state index is -0.185. The lowest BCUT2D eigenvalue weighted by Crippen LogP contribution is -2.32. The maximum absolute atomic E-state index is 11.9. The predicted octanol–water partition coefficient (Wildman–Crippen LogP) is 5.13. The van der Waals surface area contributed by atoms with Gasteiger partial charge in [-0.25, -0.2) is 4.98 Å². The van der Waals surface area contributed by atoms with E-state index >= 15 is 0 Å². The van der Waals surface area contributed by atoms with Gasteiger partial charge in [0.15, 0.2) is 5.16 Å². The van der Waals surface area contributed by atoms with Gasteiger partial charge in [-0.3, -0.25) is 4.79 Å². The topological polar surface area (TPSA) is 57.8 Å². The van der Waals surface area contributed by atoms with Gasteiger partial charge in [-0.2, -0.15) is 0 Å². The van der Waals surface area contributed by atoms with Crippen LogP contribution in [0.2, 0.25) is 5.02 Å². The van der Waals surface area contributed by atoms with Crippen molar-refractivity contribution >= 4 is 46.0 Å². The van der Waals surface area contributed by atoms with Crippen LogP contribution >= 0.6 is 23.4 Å². The minimum Gasteiger partial charge on any atom is -0.333 e. The van der Waals surface area contributed by atoms with E-state index in [0.29, 0.717) is 6.42 Å². The number of benzene rings is 2. The molecule has 0 atom stereocenters. The van der Waals surface area contributed by atoms with Crippen molar-refractivity contribution in [2.75, 3.05) is 5.32 Å². The van der Waals surface area contributed by atoms with Crippen LogP contribution < -0.4 is 5.32 Å². The van der Waals surface area contributed by atoms with E-state index in [1.54, 1.807) is 11.8 Å². The van der Waals surface area contributed by atoms with E-state index in [2.05, 4.69) is 30.2 Å². The zero-order valence-corrected chi connectivity index (χ0v) is 15.6. The molecule has 1 aliphatic rings. The maximum atomic E-state index is 11.9. The summed E-state index contributed by atoms with van der Waals surface area (Å²) in [6.07, 6.45) is 0.490. The second-order valence-corrected chi connectivity index (χ2v) is 8.32. The molecule has 0 aliphatic carbocycles. The Morgan fingerprint density at radius 1 is 1.28 bits per heavy atom. The van der Waals surface area contributed by atoms with Crippen molar-refractivity contribution in [3.8, 4) is 0 Å². The highest BCUT2D eigenvalue weighted by molar-refractivity contribution is 7.98. The Bertz CT molecular complexity index is 980. The molecule has 0 saturated heterocycles. The van der Waals surface area contributed by atoms with E-state index in [-0.39, 0.29) is 11.3 Å². The number of aromatic nitrogens is 2. The van der Waals surface area contributed by atoms with Gasteiger partial charge >= 0.3 is 0 Å². The number of nitrogens with zero attached hydrogens (tertiary/aromatic N) is 1. The Kier molecular flexibility index (Phi) is 4.01. The van der Waals surface area contributed by atoms with Crippen LogP contribution in [-0.4, -0.2) is 15.9 Å². The van der Waals surface area contributed by atoms with E-state index in [9.17, 15) is 4.79 Å². The number of anilines is 1. The number of nitrogens with one attached hydrogen (secondary N) is 2. The third-order valence-electron chi connectivity index (χ3n) is 4.53. The number of hydrogen-bond donors (Lipinski definition) is 2. The molecule has 1 amide bonds. The van der Waals surface area contributed by atoms with Gasteiger partial charge in [-0.1, -0.05) is 55.4 Å². The summed E-state index contributed by atoms with van der Waals surface area (Å²) in [5.74, 6) is 0.811. The van der Waals surface area contributed by atoms with Crippen LogP contribution in [0.5, 0.6) is 0 Å². The summed E-state index contributed by atoms with van der Waals surface area (Å²) in [7, 11) is 0. The highest BCUT2D eigenvalue weighted by atomic mass is 35.5. The number of halogens is 1. The molecular weight excluding hydrogens is 354 g/mol. The lowest BCUT2D eigenvalue weighted by molar-refractivity contribution is -0.117. The van der Waals surface area contributed by atoms with Crippen molar-refractivity contribution < 1.29 is 4.79 Å². The first-order chi connectivity index (χ1) is 11.9.